The first-order valence-corrected chi connectivity index (χ1v) is 11.7. The lowest BCUT2D eigenvalue weighted by Crippen LogP contribution is -2.42. The van der Waals surface area contributed by atoms with E-state index in [9.17, 15) is 17.2 Å². The smallest absolute Gasteiger partial charge is 0.238 e. The minimum absolute atomic E-state index is 0.0690. The molecule has 0 saturated carbocycles. The minimum Gasteiger partial charge on any atom is -0.448 e. The van der Waals surface area contributed by atoms with Crippen LogP contribution in [0.3, 0.4) is 0 Å². The molecule has 172 valence electrons. The lowest BCUT2D eigenvalue weighted by molar-refractivity contribution is 0.511. The van der Waals surface area contributed by atoms with Crippen LogP contribution < -0.4 is 15.4 Å². The van der Waals surface area contributed by atoms with Crippen molar-refractivity contribution in [1.29, 1.82) is 5.41 Å². The van der Waals surface area contributed by atoms with Crippen LogP contribution in [0.25, 0.3) is 11.1 Å². The second-order valence-corrected chi connectivity index (χ2v) is 9.26. The molecule has 2 heterocycles. The highest BCUT2D eigenvalue weighted by molar-refractivity contribution is 7.89. The molecule has 0 aliphatic carbocycles. The maximum Gasteiger partial charge on any atom is 0.238 e. The lowest BCUT2D eigenvalue weighted by atomic mass is 10.0. The molecule has 7 nitrogen and oxygen atoms in total. The lowest BCUT2D eigenvalue weighted by Gasteiger charge is -2.38. The van der Waals surface area contributed by atoms with Crippen LogP contribution in [-0.2, 0) is 10.0 Å². The van der Waals surface area contributed by atoms with Crippen LogP contribution in [0.1, 0.15) is 17.3 Å². The van der Waals surface area contributed by atoms with Crippen LogP contribution in [0, 0.1) is 17.0 Å². The number of nitrogens with one attached hydrogen (secondary N) is 2. The number of primary sulfonamides is 1. The van der Waals surface area contributed by atoms with E-state index in [0.717, 1.165) is 6.07 Å². The largest absolute Gasteiger partial charge is 0.448 e. The van der Waals surface area contributed by atoms with E-state index in [4.69, 9.17) is 15.0 Å². The molecule has 1 unspecified atom stereocenters. The molecule has 1 aliphatic rings. The van der Waals surface area contributed by atoms with Crippen molar-refractivity contribution in [1.82, 2.24) is 0 Å². The van der Waals surface area contributed by atoms with Gasteiger partial charge in [-0.05, 0) is 47.5 Å². The van der Waals surface area contributed by atoms with Crippen LogP contribution in [0.4, 0.5) is 20.4 Å². The zero-order valence-corrected chi connectivity index (χ0v) is 18.3. The molecule has 34 heavy (non-hydrogen) atoms. The average molecular weight is 480 g/mol. The van der Waals surface area contributed by atoms with Crippen molar-refractivity contribution >= 4 is 27.4 Å². The molecule has 3 aromatic carbocycles. The Morgan fingerprint density at radius 1 is 0.971 bits per heavy atom. The molecule has 0 radical (unpaired) electrons. The monoisotopic (exact) mass is 480 g/mol. The van der Waals surface area contributed by atoms with Gasteiger partial charge in [-0.1, -0.05) is 36.4 Å². The van der Waals surface area contributed by atoms with Gasteiger partial charge in [-0.25, -0.2) is 22.3 Å². The van der Waals surface area contributed by atoms with Gasteiger partial charge in [0.25, 0.3) is 0 Å². The number of nitrogens with zero attached hydrogens (tertiary/aromatic N) is 1. The molecule has 0 fully saturated rings. The Kier molecular flexibility index (Phi) is 5.18. The maximum atomic E-state index is 14.3. The number of amidine groups is 1. The SMILES string of the molecule is N=C1c2ccoc2NC(c2cccc(S(N)(=O)=O)c2)N1c1ccc(-c2cccc(F)c2F)cc1. The Morgan fingerprint density at radius 3 is 2.44 bits per heavy atom. The first kappa shape index (κ1) is 21.8. The Labute approximate surface area is 194 Å². The highest BCUT2D eigenvalue weighted by Crippen LogP contribution is 2.38. The zero-order chi connectivity index (χ0) is 24.0. The molecule has 10 heteroatoms. The number of benzene rings is 3. The maximum absolute atomic E-state index is 14.3. The Hall–Kier alpha value is -4.02. The van der Waals surface area contributed by atoms with Crippen LogP contribution in [0.15, 0.2) is 88.4 Å². The van der Waals surface area contributed by atoms with Crippen molar-refractivity contribution in [3.05, 3.63) is 102 Å². The summed E-state index contributed by atoms with van der Waals surface area (Å²) < 4.78 is 57.2. The standard InChI is InChI=1S/C24H18F2N4O3S/c25-20-6-2-5-18(21(20)26)14-7-9-16(10-8-14)30-22(27)19-11-12-33-24(19)29-23(30)15-3-1-4-17(13-15)34(28,31)32/h1-13,23,27,29H,(H2,28,31,32). The van der Waals surface area contributed by atoms with E-state index in [2.05, 4.69) is 5.32 Å². The number of rotatable bonds is 4. The van der Waals surface area contributed by atoms with Crippen LogP contribution in [-0.4, -0.2) is 14.3 Å². The van der Waals surface area contributed by atoms with E-state index in [1.54, 1.807) is 47.4 Å². The Bertz CT molecular complexity index is 1520. The van der Waals surface area contributed by atoms with E-state index in [1.165, 1.54) is 30.5 Å². The summed E-state index contributed by atoms with van der Waals surface area (Å²) in [7, 11) is -3.94. The van der Waals surface area contributed by atoms with E-state index >= 15 is 0 Å². The first-order chi connectivity index (χ1) is 16.2. The number of hydrogen-bond donors (Lipinski definition) is 3. The summed E-state index contributed by atoms with van der Waals surface area (Å²) in [4.78, 5) is 1.58. The first-order valence-electron chi connectivity index (χ1n) is 10.1. The van der Waals surface area contributed by atoms with Gasteiger partial charge in [-0.3, -0.25) is 5.41 Å². The summed E-state index contributed by atoms with van der Waals surface area (Å²) in [5, 5.41) is 17.3. The van der Waals surface area contributed by atoms with E-state index in [0.29, 0.717) is 28.3 Å². The summed E-state index contributed by atoms with van der Waals surface area (Å²) in [5.41, 5.74) is 2.19. The van der Waals surface area contributed by atoms with Gasteiger partial charge in [0.15, 0.2) is 11.6 Å². The summed E-state index contributed by atoms with van der Waals surface area (Å²) in [6.45, 7) is 0. The molecule has 1 aliphatic heterocycles. The van der Waals surface area contributed by atoms with Crippen molar-refractivity contribution in [2.75, 3.05) is 10.2 Å². The third kappa shape index (κ3) is 3.72. The number of hydrogen-bond acceptors (Lipinski definition) is 5. The Morgan fingerprint density at radius 2 is 1.71 bits per heavy atom. The van der Waals surface area contributed by atoms with Gasteiger partial charge < -0.3 is 14.6 Å². The number of halogens is 2. The molecule has 0 bridgehead atoms. The number of sulfonamides is 1. The summed E-state index contributed by atoms with van der Waals surface area (Å²) in [6, 6.07) is 18.3. The van der Waals surface area contributed by atoms with Crippen LogP contribution >= 0.6 is 0 Å². The second-order valence-electron chi connectivity index (χ2n) is 7.69. The van der Waals surface area contributed by atoms with Gasteiger partial charge in [-0.2, -0.15) is 0 Å². The van der Waals surface area contributed by atoms with Gasteiger partial charge in [0.05, 0.1) is 16.7 Å². The van der Waals surface area contributed by atoms with Gasteiger partial charge >= 0.3 is 0 Å². The third-order valence-corrected chi connectivity index (χ3v) is 6.51. The highest BCUT2D eigenvalue weighted by Gasteiger charge is 2.34. The predicted octanol–water partition coefficient (Wildman–Crippen LogP) is 4.83. The van der Waals surface area contributed by atoms with Gasteiger partial charge in [0, 0.05) is 11.3 Å². The number of furan rings is 1. The molecule has 0 spiro atoms. The number of fused-ring (bicyclic) bond motifs is 1. The molecule has 0 saturated heterocycles. The topological polar surface area (TPSA) is 112 Å². The fourth-order valence-corrected chi connectivity index (χ4v) is 4.52. The highest BCUT2D eigenvalue weighted by atomic mass is 32.2. The Balaban J connectivity index is 1.59. The molecule has 4 N–H and O–H groups in total. The molecule has 1 atom stereocenters. The van der Waals surface area contributed by atoms with Crippen LogP contribution in [0.5, 0.6) is 0 Å². The molecule has 0 amide bonds. The van der Waals surface area contributed by atoms with E-state index < -0.39 is 27.8 Å². The van der Waals surface area contributed by atoms with Gasteiger partial charge in [0.2, 0.25) is 15.9 Å². The summed E-state index contributed by atoms with van der Waals surface area (Å²) in [6.07, 6.45) is 0.744. The van der Waals surface area contributed by atoms with Crippen molar-refractivity contribution in [3.63, 3.8) is 0 Å². The third-order valence-electron chi connectivity index (χ3n) is 5.60. The fourth-order valence-electron chi connectivity index (χ4n) is 3.96. The average Bonchev–Trinajstić information content (AvgIpc) is 3.30. The molecule has 1 aromatic heterocycles. The van der Waals surface area contributed by atoms with Crippen molar-refractivity contribution in [2.45, 2.75) is 11.1 Å². The summed E-state index contributed by atoms with van der Waals surface area (Å²) >= 11 is 0. The van der Waals surface area contributed by atoms with E-state index in [-0.39, 0.29) is 16.3 Å². The predicted molar refractivity (Wildman–Crippen MR) is 124 cm³/mol. The summed E-state index contributed by atoms with van der Waals surface area (Å²) in [5.74, 6) is -1.40. The van der Waals surface area contributed by atoms with Crippen molar-refractivity contribution in [2.24, 2.45) is 5.14 Å². The minimum atomic E-state index is -3.94. The number of nitrogens with two attached hydrogens (primary N) is 1. The molecule has 4 aromatic rings. The molecular weight excluding hydrogens is 462 g/mol. The molecular formula is C24H18F2N4O3S. The van der Waals surface area contributed by atoms with Crippen molar-refractivity contribution in [3.8, 4) is 11.1 Å². The normalized spacial score (nSPS) is 15.7. The number of anilines is 2. The van der Waals surface area contributed by atoms with Crippen molar-refractivity contribution < 1.29 is 21.6 Å². The quantitative estimate of drug-likeness (QED) is 0.387. The fraction of sp³-hybridized carbons (Fsp3) is 0.0417. The van der Waals surface area contributed by atoms with Gasteiger partial charge in [-0.15, -0.1) is 0 Å². The zero-order valence-electron chi connectivity index (χ0n) is 17.5. The molecule has 5 rings (SSSR count). The second kappa shape index (κ2) is 8.08. The van der Waals surface area contributed by atoms with E-state index in [1.807, 2.05) is 0 Å². The van der Waals surface area contributed by atoms with Crippen LogP contribution in [0.2, 0.25) is 0 Å². The van der Waals surface area contributed by atoms with Gasteiger partial charge in [0.1, 0.15) is 12.0 Å².